The molecule has 0 bridgehead atoms. The Morgan fingerprint density at radius 2 is 0.840 bits per heavy atom. The second-order valence-corrected chi connectivity index (χ2v) is 15.2. The molecule has 0 spiro atoms. The highest BCUT2D eigenvalue weighted by Crippen LogP contribution is 2.36. The van der Waals surface area contributed by atoms with Gasteiger partial charge >= 0.3 is 19.8 Å². The lowest BCUT2D eigenvalue weighted by molar-refractivity contribution is -0.161. The summed E-state index contributed by atoms with van der Waals surface area (Å²) in [6.07, 6.45) is 41.8. The van der Waals surface area contributed by atoms with Crippen molar-refractivity contribution in [3.05, 3.63) is 24.3 Å². The molecule has 0 saturated heterocycles. The molecule has 1 atom stereocenters. The third-order valence-electron chi connectivity index (χ3n) is 8.94. The SMILES string of the molecule is CCCCCCCC/C=C/CCCCCCCCCC(=O)O[C@H](COC(=O)CCCCCCC/C=C/CCCCCCCC)COP(=O)(O)O. The summed E-state index contributed by atoms with van der Waals surface area (Å²) in [5.41, 5.74) is 0. The van der Waals surface area contributed by atoms with E-state index in [1.165, 1.54) is 109 Å². The number of carbonyl (C=O) groups is 2. The summed E-state index contributed by atoms with van der Waals surface area (Å²) in [6.45, 7) is 3.67. The van der Waals surface area contributed by atoms with Crippen LogP contribution in [0.2, 0.25) is 0 Å². The van der Waals surface area contributed by atoms with Gasteiger partial charge in [-0.25, -0.2) is 4.57 Å². The van der Waals surface area contributed by atoms with E-state index in [0.29, 0.717) is 12.8 Å². The van der Waals surface area contributed by atoms with Gasteiger partial charge < -0.3 is 19.3 Å². The Balaban J connectivity index is 3.93. The molecular formula is C41H77O8P. The highest BCUT2D eigenvalue weighted by molar-refractivity contribution is 7.46. The van der Waals surface area contributed by atoms with Crippen molar-refractivity contribution < 1.29 is 37.9 Å². The number of rotatable bonds is 38. The lowest BCUT2D eigenvalue weighted by Crippen LogP contribution is -2.29. The van der Waals surface area contributed by atoms with E-state index in [4.69, 9.17) is 19.3 Å². The predicted octanol–water partition coefficient (Wildman–Crippen LogP) is 12.4. The molecule has 0 amide bonds. The number of hydrogen-bond acceptors (Lipinski definition) is 6. The topological polar surface area (TPSA) is 119 Å². The van der Waals surface area contributed by atoms with Gasteiger partial charge in [0, 0.05) is 12.8 Å². The average Bonchev–Trinajstić information content (AvgIpc) is 3.08. The van der Waals surface area contributed by atoms with Crippen LogP contribution >= 0.6 is 7.82 Å². The first-order valence-corrected chi connectivity index (χ1v) is 22.2. The van der Waals surface area contributed by atoms with Crippen LogP contribution in [0.15, 0.2) is 24.3 Å². The predicted molar refractivity (Wildman–Crippen MR) is 207 cm³/mol. The van der Waals surface area contributed by atoms with E-state index in [2.05, 4.69) is 42.7 Å². The molecule has 294 valence electrons. The smallest absolute Gasteiger partial charge is 0.462 e. The molecule has 0 unspecified atom stereocenters. The highest BCUT2D eigenvalue weighted by atomic mass is 31.2. The van der Waals surface area contributed by atoms with Gasteiger partial charge in [0.25, 0.3) is 0 Å². The molecule has 0 aromatic heterocycles. The zero-order valence-electron chi connectivity index (χ0n) is 32.3. The molecule has 8 nitrogen and oxygen atoms in total. The number of allylic oxidation sites excluding steroid dienone is 4. The molecule has 9 heteroatoms. The van der Waals surface area contributed by atoms with Gasteiger partial charge in [-0.05, 0) is 64.2 Å². The normalized spacial score (nSPS) is 12.6. The Bertz CT molecular complexity index is 869. The first-order chi connectivity index (χ1) is 24.3. The van der Waals surface area contributed by atoms with Crippen LogP contribution in [-0.4, -0.2) is 41.0 Å². The molecule has 0 aliphatic heterocycles. The van der Waals surface area contributed by atoms with E-state index < -0.39 is 32.5 Å². The largest absolute Gasteiger partial charge is 0.469 e. The van der Waals surface area contributed by atoms with Gasteiger partial charge in [0.2, 0.25) is 0 Å². The van der Waals surface area contributed by atoms with E-state index in [-0.39, 0.29) is 19.4 Å². The molecule has 2 N–H and O–H groups in total. The summed E-state index contributed by atoms with van der Waals surface area (Å²) in [4.78, 5) is 42.8. The molecular weight excluding hydrogens is 651 g/mol. The Labute approximate surface area is 307 Å². The maximum Gasteiger partial charge on any atom is 0.469 e. The van der Waals surface area contributed by atoms with Gasteiger partial charge in [-0.2, -0.15) is 0 Å². The van der Waals surface area contributed by atoms with Crippen molar-refractivity contribution in [3.8, 4) is 0 Å². The first-order valence-electron chi connectivity index (χ1n) is 20.6. The third-order valence-corrected chi connectivity index (χ3v) is 9.43. The van der Waals surface area contributed by atoms with Crippen molar-refractivity contribution in [1.82, 2.24) is 0 Å². The Kier molecular flexibility index (Phi) is 36.2. The van der Waals surface area contributed by atoms with E-state index in [1.807, 2.05) is 0 Å². The second-order valence-electron chi connectivity index (χ2n) is 14.0. The second kappa shape index (κ2) is 37.3. The highest BCUT2D eigenvalue weighted by Gasteiger charge is 2.22. The van der Waals surface area contributed by atoms with E-state index in [1.54, 1.807) is 0 Å². The first kappa shape index (κ1) is 48.5. The van der Waals surface area contributed by atoms with Crippen molar-refractivity contribution in [2.75, 3.05) is 13.2 Å². The van der Waals surface area contributed by atoms with Gasteiger partial charge in [-0.15, -0.1) is 0 Å². The number of unbranched alkanes of at least 4 members (excludes halogenated alkanes) is 24. The minimum Gasteiger partial charge on any atom is -0.462 e. The summed E-state index contributed by atoms with van der Waals surface area (Å²) in [6, 6.07) is 0. The average molecular weight is 729 g/mol. The Morgan fingerprint density at radius 1 is 0.500 bits per heavy atom. The van der Waals surface area contributed by atoms with Gasteiger partial charge in [0.1, 0.15) is 6.61 Å². The summed E-state index contributed by atoms with van der Waals surface area (Å²) < 4.78 is 26.4. The number of esters is 2. The maximum absolute atomic E-state index is 12.4. The molecule has 0 aliphatic rings. The third kappa shape index (κ3) is 39.3. The van der Waals surface area contributed by atoms with Crippen molar-refractivity contribution in [1.29, 1.82) is 0 Å². The molecule has 50 heavy (non-hydrogen) atoms. The van der Waals surface area contributed by atoms with Crippen LogP contribution in [-0.2, 0) is 28.2 Å². The molecule has 0 radical (unpaired) electrons. The van der Waals surface area contributed by atoms with Gasteiger partial charge in [0.05, 0.1) is 6.61 Å². The summed E-state index contributed by atoms with van der Waals surface area (Å²) in [7, 11) is -4.75. The fraction of sp³-hybridized carbons (Fsp3) is 0.854. The number of phosphoric acid groups is 1. The van der Waals surface area contributed by atoms with E-state index in [9.17, 15) is 14.2 Å². The van der Waals surface area contributed by atoms with Crippen LogP contribution < -0.4 is 0 Å². The van der Waals surface area contributed by atoms with Crippen LogP contribution in [0.25, 0.3) is 0 Å². The standard InChI is InChI=1S/C41H77O8P/c1-3-5-7-9-11-13-15-17-19-20-22-24-26-28-30-32-34-36-41(43)49-39(38-48-50(44,45)46)37-47-40(42)35-33-31-29-27-25-23-21-18-16-14-12-10-8-6-4-2/h17-19,21,39H,3-16,20,22-38H2,1-2H3,(H2,44,45,46)/b19-17+,21-18+/t39-/m1/s1. The van der Waals surface area contributed by atoms with Crippen molar-refractivity contribution in [2.45, 2.75) is 213 Å². The number of ether oxygens (including phenoxy) is 2. The van der Waals surface area contributed by atoms with Gasteiger partial charge in [-0.1, -0.05) is 154 Å². The summed E-state index contributed by atoms with van der Waals surface area (Å²) in [5, 5.41) is 0. The van der Waals surface area contributed by atoms with Crippen LogP contribution in [0.1, 0.15) is 206 Å². The van der Waals surface area contributed by atoms with Crippen molar-refractivity contribution in [3.63, 3.8) is 0 Å². The van der Waals surface area contributed by atoms with Gasteiger partial charge in [-0.3, -0.25) is 14.1 Å². The van der Waals surface area contributed by atoms with Crippen LogP contribution in [0.3, 0.4) is 0 Å². The molecule has 0 fully saturated rings. The lowest BCUT2D eigenvalue weighted by atomic mass is 10.1. The van der Waals surface area contributed by atoms with E-state index >= 15 is 0 Å². The zero-order valence-corrected chi connectivity index (χ0v) is 33.2. The van der Waals surface area contributed by atoms with Crippen molar-refractivity contribution in [2.24, 2.45) is 0 Å². The quantitative estimate of drug-likeness (QED) is 0.0279. The number of phosphoric ester groups is 1. The molecule has 0 aromatic rings. The van der Waals surface area contributed by atoms with Crippen LogP contribution in [0.4, 0.5) is 0 Å². The lowest BCUT2D eigenvalue weighted by Gasteiger charge is -2.18. The summed E-state index contributed by atoms with van der Waals surface area (Å²) >= 11 is 0. The molecule has 0 aliphatic carbocycles. The molecule has 0 rings (SSSR count). The molecule has 0 heterocycles. The van der Waals surface area contributed by atoms with Crippen molar-refractivity contribution >= 4 is 19.8 Å². The fourth-order valence-corrected chi connectivity index (χ4v) is 6.19. The fourth-order valence-electron chi connectivity index (χ4n) is 5.83. The minimum atomic E-state index is -4.75. The Morgan fingerprint density at radius 3 is 1.22 bits per heavy atom. The monoisotopic (exact) mass is 729 g/mol. The van der Waals surface area contributed by atoms with E-state index in [0.717, 1.165) is 57.8 Å². The minimum absolute atomic E-state index is 0.207. The van der Waals surface area contributed by atoms with Gasteiger partial charge in [0.15, 0.2) is 6.10 Å². The maximum atomic E-state index is 12.4. The summed E-state index contributed by atoms with van der Waals surface area (Å²) in [5.74, 6) is -0.894. The Hall–Kier alpha value is -1.47. The zero-order chi connectivity index (χ0) is 36.8. The molecule has 0 saturated carbocycles. The number of carbonyl (C=O) groups excluding carboxylic acids is 2. The molecule has 0 aromatic carbocycles. The number of hydrogen-bond donors (Lipinski definition) is 2. The van der Waals surface area contributed by atoms with Crippen LogP contribution in [0, 0.1) is 0 Å². The van der Waals surface area contributed by atoms with Crippen LogP contribution in [0.5, 0.6) is 0 Å².